The van der Waals surface area contributed by atoms with Gasteiger partial charge in [0.25, 0.3) is 0 Å². The molecule has 5 aliphatic carbocycles. The summed E-state index contributed by atoms with van der Waals surface area (Å²) in [5, 5.41) is 31.1. The third-order valence-electron chi connectivity index (χ3n) is 12.8. The zero-order chi connectivity index (χ0) is 23.6. The van der Waals surface area contributed by atoms with Crippen LogP contribution in [0.3, 0.4) is 0 Å². The van der Waals surface area contributed by atoms with Gasteiger partial charge in [-0.2, -0.15) is 5.26 Å². The van der Waals surface area contributed by atoms with Gasteiger partial charge in [-0.1, -0.05) is 27.7 Å². The fourth-order valence-electron chi connectivity index (χ4n) is 10.2. The topological polar surface area (TPSA) is 64.2 Å². The molecule has 0 spiro atoms. The summed E-state index contributed by atoms with van der Waals surface area (Å²) in [6, 6.07) is 2.40. The van der Waals surface area contributed by atoms with Crippen molar-refractivity contribution in [3.8, 4) is 6.07 Å². The van der Waals surface area contributed by atoms with Crippen LogP contribution < -0.4 is 0 Å². The molecule has 0 bridgehead atoms. The minimum atomic E-state index is -0.422. The lowest BCUT2D eigenvalue weighted by Crippen LogP contribution is -2.56. The summed E-state index contributed by atoms with van der Waals surface area (Å²) in [6.45, 7) is 9.84. The van der Waals surface area contributed by atoms with E-state index in [1.165, 1.54) is 44.9 Å². The number of hydrogen-bond donors (Lipinski definition) is 2. The summed E-state index contributed by atoms with van der Waals surface area (Å²) >= 11 is 0. The number of rotatable bonds is 6. The zero-order valence-corrected chi connectivity index (χ0v) is 21.8. The van der Waals surface area contributed by atoms with Crippen LogP contribution in [-0.2, 0) is 0 Å². The number of nitrogens with zero attached hydrogens (tertiary/aromatic N) is 1. The summed E-state index contributed by atoms with van der Waals surface area (Å²) < 4.78 is 0. The van der Waals surface area contributed by atoms with Crippen molar-refractivity contribution in [1.82, 2.24) is 0 Å². The molecule has 0 radical (unpaired) electrons. The molecule has 0 heterocycles. The number of nitriles is 1. The molecule has 0 aromatic carbocycles. The Kier molecular flexibility index (Phi) is 6.02. The van der Waals surface area contributed by atoms with Gasteiger partial charge in [0.05, 0.1) is 23.2 Å². The van der Waals surface area contributed by atoms with Crippen molar-refractivity contribution in [3.05, 3.63) is 0 Å². The van der Waals surface area contributed by atoms with Gasteiger partial charge in [-0.15, -0.1) is 0 Å². The van der Waals surface area contributed by atoms with Gasteiger partial charge in [-0.05, 0) is 136 Å². The number of aliphatic hydroxyl groups is 2. The second-order valence-corrected chi connectivity index (χ2v) is 14.0. The molecule has 7 unspecified atom stereocenters. The van der Waals surface area contributed by atoms with Gasteiger partial charge in [0, 0.05) is 0 Å². The maximum Gasteiger partial charge on any atom is 0.0833 e. The number of hydrogen-bond acceptors (Lipinski definition) is 3. The summed E-state index contributed by atoms with van der Waals surface area (Å²) in [5.41, 5.74) is 0.0938. The van der Waals surface area contributed by atoms with Gasteiger partial charge in [-0.25, -0.2) is 0 Å². The molecule has 0 aliphatic heterocycles. The van der Waals surface area contributed by atoms with Gasteiger partial charge in [0.2, 0.25) is 0 Å². The van der Waals surface area contributed by atoms with E-state index in [-0.39, 0.29) is 0 Å². The van der Waals surface area contributed by atoms with Crippen molar-refractivity contribution in [2.75, 3.05) is 0 Å². The molecular formula is C30H49NO2. The molecule has 0 aromatic rings. The quantitative estimate of drug-likeness (QED) is 0.459. The van der Waals surface area contributed by atoms with E-state index < -0.39 is 17.1 Å². The Morgan fingerprint density at radius 2 is 1.64 bits per heavy atom. The Morgan fingerprint density at radius 1 is 0.909 bits per heavy atom. The minimum absolute atomic E-state index is 0.400. The lowest BCUT2D eigenvalue weighted by molar-refractivity contribution is -0.152. The van der Waals surface area contributed by atoms with Gasteiger partial charge >= 0.3 is 0 Å². The molecular weight excluding hydrogens is 406 g/mol. The predicted octanol–water partition coefficient (Wildman–Crippen LogP) is 6.87. The van der Waals surface area contributed by atoms with E-state index in [1.807, 2.05) is 0 Å². The van der Waals surface area contributed by atoms with Crippen molar-refractivity contribution in [2.45, 2.75) is 129 Å². The van der Waals surface area contributed by atoms with E-state index in [0.29, 0.717) is 22.7 Å². The highest BCUT2D eigenvalue weighted by Crippen LogP contribution is 2.69. The minimum Gasteiger partial charge on any atom is -0.391 e. The van der Waals surface area contributed by atoms with Crippen LogP contribution in [-0.4, -0.2) is 21.9 Å². The average molecular weight is 456 g/mol. The molecule has 10 atom stereocenters. The van der Waals surface area contributed by atoms with Gasteiger partial charge in [0.1, 0.15) is 0 Å². The van der Waals surface area contributed by atoms with Crippen LogP contribution in [0.15, 0.2) is 0 Å². The molecule has 5 rings (SSSR count). The molecule has 0 saturated heterocycles. The van der Waals surface area contributed by atoms with Crippen LogP contribution in [0, 0.1) is 63.1 Å². The fourth-order valence-corrected chi connectivity index (χ4v) is 10.2. The molecule has 2 N–H and O–H groups in total. The monoisotopic (exact) mass is 455 g/mol. The first-order chi connectivity index (χ1) is 15.6. The third kappa shape index (κ3) is 3.72. The molecule has 5 fully saturated rings. The van der Waals surface area contributed by atoms with Gasteiger partial charge in [0.15, 0.2) is 0 Å². The Bertz CT molecular complexity index is 785. The van der Waals surface area contributed by atoms with E-state index in [4.69, 9.17) is 0 Å². The Balaban J connectivity index is 1.26. The molecule has 5 aliphatic rings. The van der Waals surface area contributed by atoms with E-state index in [2.05, 4.69) is 33.8 Å². The number of fused-ring (bicyclic) bond motifs is 5. The first-order valence-electron chi connectivity index (χ1n) is 14.4. The van der Waals surface area contributed by atoms with Crippen molar-refractivity contribution in [3.63, 3.8) is 0 Å². The Labute approximate surface area is 202 Å². The average Bonchev–Trinajstić information content (AvgIpc) is 3.53. The summed E-state index contributed by atoms with van der Waals surface area (Å²) in [6.07, 6.45) is 15.7. The normalized spacial score (nSPS) is 49.8. The molecule has 186 valence electrons. The molecule has 0 amide bonds. The second-order valence-electron chi connectivity index (χ2n) is 14.0. The van der Waals surface area contributed by atoms with Crippen molar-refractivity contribution in [1.29, 1.82) is 5.26 Å². The third-order valence-corrected chi connectivity index (χ3v) is 12.8. The Hall–Kier alpha value is -0.590. The van der Waals surface area contributed by atoms with Crippen LogP contribution in [0.25, 0.3) is 0 Å². The summed E-state index contributed by atoms with van der Waals surface area (Å²) in [4.78, 5) is 0. The van der Waals surface area contributed by atoms with E-state index in [1.54, 1.807) is 0 Å². The Morgan fingerprint density at radius 3 is 2.30 bits per heavy atom. The molecule has 5 saturated carbocycles. The van der Waals surface area contributed by atoms with Gasteiger partial charge in [-0.3, -0.25) is 0 Å². The van der Waals surface area contributed by atoms with Crippen molar-refractivity contribution < 1.29 is 10.2 Å². The van der Waals surface area contributed by atoms with Crippen molar-refractivity contribution >= 4 is 0 Å². The highest BCUT2D eigenvalue weighted by molar-refractivity contribution is 5.14. The van der Waals surface area contributed by atoms with E-state index in [0.717, 1.165) is 68.6 Å². The van der Waals surface area contributed by atoms with Crippen LogP contribution in [0.2, 0.25) is 0 Å². The van der Waals surface area contributed by atoms with Crippen LogP contribution in [0.1, 0.15) is 118 Å². The van der Waals surface area contributed by atoms with E-state index >= 15 is 0 Å². The molecule has 0 aromatic heterocycles. The highest BCUT2D eigenvalue weighted by atomic mass is 16.3. The maximum absolute atomic E-state index is 11.0. The van der Waals surface area contributed by atoms with Crippen LogP contribution >= 0.6 is 0 Å². The fraction of sp³-hybridized carbons (Fsp3) is 0.967. The van der Waals surface area contributed by atoms with Crippen LogP contribution in [0.4, 0.5) is 0 Å². The maximum atomic E-state index is 11.0. The SMILES string of the molecule is CC[C@]1(O)CCC2(C)C3CCC4(C)C(CCC4[C@H](C)CCC(O)C4(C#N)CC4)C3CC[C@H]2C1. The first kappa shape index (κ1) is 24.1. The summed E-state index contributed by atoms with van der Waals surface area (Å²) in [7, 11) is 0. The second kappa shape index (κ2) is 8.23. The predicted molar refractivity (Wildman–Crippen MR) is 132 cm³/mol. The highest BCUT2D eigenvalue weighted by Gasteiger charge is 2.61. The zero-order valence-electron chi connectivity index (χ0n) is 21.8. The smallest absolute Gasteiger partial charge is 0.0833 e. The molecule has 33 heavy (non-hydrogen) atoms. The standard InChI is InChI=1S/C30H49NO2/c1-5-30(33)17-14-27(3)21(18-30)7-8-22-24-10-9-23(28(24,4)13-12-25(22)27)20(2)6-11-26(32)29(19-31)15-16-29/h20-26,32-33H,5-18H2,1-4H3/t20-,21+,22?,23?,24?,25?,26?,27?,28?,30+/m1/s1. The lowest BCUT2D eigenvalue weighted by atomic mass is 9.43. The summed E-state index contributed by atoms with van der Waals surface area (Å²) in [5.74, 6) is 4.74. The van der Waals surface area contributed by atoms with Gasteiger partial charge < -0.3 is 10.2 Å². The largest absolute Gasteiger partial charge is 0.391 e. The van der Waals surface area contributed by atoms with Crippen molar-refractivity contribution in [2.24, 2.45) is 51.8 Å². The first-order valence-corrected chi connectivity index (χ1v) is 14.4. The molecule has 3 heteroatoms. The lowest BCUT2D eigenvalue weighted by Gasteiger charge is -2.62. The number of aliphatic hydroxyl groups excluding tert-OH is 1. The van der Waals surface area contributed by atoms with E-state index in [9.17, 15) is 15.5 Å². The van der Waals surface area contributed by atoms with Crippen LogP contribution in [0.5, 0.6) is 0 Å². The molecule has 3 nitrogen and oxygen atoms in total.